The number of carbonyl (C=O) groups is 2. The third-order valence-corrected chi connectivity index (χ3v) is 9.03. The summed E-state index contributed by atoms with van der Waals surface area (Å²) in [4.78, 5) is 25.8. The molecule has 0 bridgehead atoms. The van der Waals surface area contributed by atoms with Gasteiger partial charge >= 0.3 is 12.1 Å². The van der Waals surface area contributed by atoms with Gasteiger partial charge in [-0.1, -0.05) is 12.1 Å². The van der Waals surface area contributed by atoms with Gasteiger partial charge in [0, 0.05) is 18.3 Å². The number of fused-ring (bicyclic) bond motifs is 1. The van der Waals surface area contributed by atoms with Crippen LogP contribution < -0.4 is 21.4 Å². The maximum absolute atomic E-state index is 14.2. The van der Waals surface area contributed by atoms with E-state index >= 15 is 0 Å². The second-order valence-corrected chi connectivity index (χ2v) is 13.1. The molecule has 0 radical (unpaired) electrons. The van der Waals surface area contributed by atoms with Crippen LogP contribution in [0.5, 0.6) is 0 Å². The average Bonchev–Trinajstić information content (AvgIpc) is 3.33. The normalized spacial score (nSPS) is 33.7. The van der Waals surface area contributed by atoms with E-state index in [0.29, 0.717) is 50.9 Å². The Hall–Kier alpha value is -2.92. The number of hydrazine groups is 1. The van der Waals surface area contributed by atoms with Crippen LogP contribution in [0.1, 0.15) is 71.3 Å². The van der Waals surface area contributed by atoms with E-state index in [-0.39, 0.29) is 37.0 Å². The van der Waals surface area contributed by atoms with Crippen molar-refractivity contribution in [1.29, 1.82) is 5.26 Å². The minimum absolute atomic E-state index is 0.0236. The summed E-state index contributed by atoms with van der Waals surface area (Å²) < 4.78 is 54.1. The highest BCUT2D eigenvalue weighted by atomic mass is 19.4. The van der Waals surface area contributed by atoms with Gasteiger partial charge in [0.05, 0.1) is 30.6 Å². The van der Waals surface area contributed by atoms with Gasteiger partial charge in [0.15, 0.2) is 6.10 Å². The van der Waals surface area contributed by atoms with E-state index in [1.807, 2.05) is 5.01 Å². The lowest BCUT2D eigenvalue weighted by atomic mass is 9.81. The molecule has 4 saturated heterocycles. The Bertz CT molecular complexity index is 1210. The van der Waals surface area contributed by atoms with Crippen molar-refractivity contribution in [2.45, 2.75) is 107 Å². The number of carbonyl (C=O) groups excluding carboxylic acids is 2. The highest BCUT2D eigenvalue weighted by molar-refractivity contribution is 5.82. The van der Waals surface area contributed by atoms with Gasteiger partial charge in [0.1, 0.15) is 17.3 Å². The van der Waals surface area contributed by atoms with E-state index in [4.69, 9.17) is 9.47 Å². The summed E-state index contributed by atoms with van der Waals surface area (Å²) in [6, 6.07) is 8.20. The number of rotatable bonds is 6. The first kappa shape index (κ1) is 31.5. The number of nitriles is 1. The summed E-state index contributed by atoms with van der Waals surface area (Å²) in [5.74, 6) is -1.13. The summed E-state index contributed by atoms with van der Waals surface area (Å²) in [6.07, 6.45) is -3.05. The van der Waals surface area contributed by atoms with E-state index in [2.05, 4.69) is 27.4 Å². The zero-order valence-electron chi connectivity index (χ0n) is 24.9. The summed E-state index contributed by atoms with van der Waals surface area (Å²) in [6.45, 7) is 6.23. The molecule has 0 aromatic heterocycles. The van der Waals surface area contributed by atoms with Crippen LogP contribution in [0.15, 0.2) is 24.3 Å². The molecule has 4 aliphatic rings. The Morgan fingerprint density at radius 3 is 2.49 bits per heavy atom. The summed E-state index contributed by atoms with van der Waals surface area (Å²) in [5, 5.41) is 20.7. The van der Waals surface area contributed by atoms with Gasteiger partial charge in [0.25, 0.3) is 0 Å². The molecule has 5 rings (SSSR count). The molecule has 4 fully saturated rings. The number of nitrogens with zero attached hydrogens (tertiary/aromatic N) is 2. The molecule has 1 aromatic rings. The summed E-state index contributed by atoms with van der Waals surface area (Å²) in [5.41, 5.74) is 0.615. The number of nitrogens with one attached hydrogen (secondary N) is 4. The molecule has 13 heteroatoms. The Kier molecular flexibility index (Phi) is 8.70. The number of amides is 1. The lowest BCUT2D eigenvalue weighted by molar-refractivity contribution is -0.207. The van der Waals surface area contributed by atoms with Gasteiger partial charge in [-0.2, -0.15) is 18.4 Å². The van der Waals surface area contributed by atoms with Crippen LogP contribution in [0.4, 0.5) is 18.9 Å². The highest BCUT2D eigenvalue weighted by Gasteiger charge is 2.57. The lowest BCUT2D eigenvalue weighted by Crippen LogP contribution is -2.63. The van der Waals surface area contributed by atoms with Crippen LogP contribution in [-0.2, 0) is 24.6 Å². The highest BCUT2D eigenvalue weighted by Crippen LogP contribution is 2.45. The Morgan fingerprint density at radius 1 is 1.16 bits per heavy atom. The molecule has 10 nitrogen and oxygen atoms in total. The molecule has 236 valence electrons. The maximum atomic E-state index is 14.2. The predicted octanol–water partition coefficient (Wildman–Crippen LogP) is 3.45. The molecule has 4 heterocycles. The van der Waals surface area contributed by atoms with E-state index in [1.54, 1.807) is 32.9 Å². The second kappa shape index (κ2) is 11.9. The number of ether oxygens (including phenoxy) is 2. The average molecular weight is 607 g/mol. The number of esters is 1. The van der Waals surface area contributed by atoms with Crippen molar-refractivity contribution < 1.29 is 32.2 Å². The number of halogens is 3. The Morgan fingerprint density at radius 2 is 1.91 bits per heavy atom. The number of hydrogen-bond donors (Lipinski definition) is 4. The molecule has 0 saturated carbocycles. The Labute approximate surface area is 250 Å². The first-order valence-electron chi connectivity index (χ1n) is 15.0. The molecule has 43 heavy (non-hydrogen) atoms. The van der Waals surface area contributed by atoms with Crippen LogP contribution in [-0.4, -0.2) is 72.2 Å². The molecule has 1 amide bonds. The summed E-state index contributed by atoms with van der Waals surface area (Å²) in [7, 11) is 0. The predicted molar refractivity (Wildman–Crippen MR) is 151 cm³/mol. The van der Waals surface area contributed by atoms with Gasteiger partial charge in [0.2, 0.25) is 5.91 Å². The van der Waals surface area contributed by atoms with Crippen molar-refractivity contribution in [3.05, 3.63) is 29.8 Å². The zero-order valence-corrected chi connectivity index (χ0v) is 24.9. The van der Waals surface area contributed by atoms with Crippen molar-refractivity contribution >= 4 is 17.6 Å². The van der Waals surface area contributed by atoms with E-state index in [0.717, 1.165) is 0 Å². The van der Waals surface area contributed by atoms with Crippen molar-refractivity contribution in [2.75, 3.05) is 25.0 Å². The van der Waals surface area contributed by atoms with Crippen molar-refractivity contribution in [1.82, 2.24) is 21.1 Å². The van der Waals surface area contributed by atoms with Crippen molar-refractivity contribution in [3.63, 3.8) is 0 Å². The van der Waals surface area contributed by atoms with Crippen LogP contribution in [0.25, 0.3) is 0 Å². The quantitative estimate of drug-likeness (QED) is 0.360. The fraction of sp³-hybridized carbons (Fsp3) is 0.700. The zero-order chi connectivity index (χ0) is 31.0. The van der Waals surface area contributed by atoms with Crippen molar-refractivity contribution in [3.8, 4) is 6.07 Å². The standard InChI is InChI=1S/C30H41F3N6O4/c1-27(2,3)43-26(41)22-10-13-28(14-15-34,18-42-22)39-21-11-17-35-25(40)23(21)24(38-39)37-20-8-6-19(7-9-20)29(30(31,32)33)12-4-5-16-36-29/h6-9,21-24,36-38H,4-5,10-14,16-18H2,1-3H3,(H,35,40)/t21?,22-,23?,24?,28-,29?/m0/s1. The van der Waals surface area contributed by atoms with E-state index in [9.17, 15) is 28.0 Å². The Balaban J connectivity index is 1.35. The van der Waals surface area contributed by atoms with Crippen LogP contribution in [0, 0.1) is 17.2 Å². The number of alkyl halides is 3. The molecule has 4 aliphatic heterocycles. The minimum Gasteiger partial charge on any atom is -0.458 e. The number of hydrogen-bond acceptors (Lipinski definition) is 9. The molecule has 6 atom stereocenters. The van der Waals surface area contributed by atoms with Crippen molar-refractivity contribution in [2.24, 2.45) is 5.92 Å². The summed E-state index contributed by atoms with van der Waals surface area (Å²) >= 11 is 0. The SMILES string of the molecule is CC(C)(C)OC(=O)[C@@H]1CC[C@@](CC#N)(N2NC(Nc3ccc(C4(C(F)(F)F)CCCCN4)cc3)C3C(=O)NCCC32)CO1. The smallest absolute Gasteiger partial charge is 0.410 e. The second-order valence-electron chi connectivity index (χ2n) is 13.1. The lowest BCUT2D eigenvalue weighted by Gasteiger charge is -2.47. The third kappa shape index (κ3) is 6.20. The van der Waals surface area contributed by atoms with Crippen LogP contribution >= 0.6 is 0 Å². The first-order chi connectivity index (χ1) is 20.3. The fourth-order valence-corrected chi connectivity index (χ4v) is 6.93. The third-order valence-electron chi connectivity index (χ3n) is 9.03. The van der Waals surface area contributed by atoms with Gasteiger partial charge in [-0.3, -0.25) is 10.1 Å². The molecule has 1 aromatic carbocycles. The fourth-order valence-electron chi connectivity index (χ4n) is 6.93. The molecular weight excluding hydrogens is 565 g/mol. The van der Waals surface area contributed by atoms with E-state index in [1.165, 1.54) is 12.1 Å². The molecule has 0 spiro atoms. The molecule has 4 unspecified atom stereocenters. The number of piperidine rings is 2. The topological polar surface area (TPSA) is 128 Å². The van der Waals surface area contributed by atoms with Crippen LogP contribution in [0.3, 0.4) is 0 Å². The van der Waals surface area contributed by atoms with Gasteiger partial charge in [-0.25, -0.2) is 15.2 Å². The number of benzene rings is 1. The van der Waals surface area contributed by atoms with Gasteiger partial charge < -0.3 is 20.1 Å². The monoisotopic (exact) mass is 606 g/mol. The maximum Gasteiger partial charge on any atom is 0.410 e. The molecule has 4 N–H and O–H groups in total. The van der Waals surface area contributed by atoms with Gasteiger partial charge in [-0.15, -0.1) is 0 Å². The number of anilines is 1. The first-order valence-corrected chi connectivity index (χ1v) is 15.0. The molecular formula is C30H41F3N6O4. The van der Waals surface area contributed by atoms with Crippen LogP contribution in [0.2, 0.25) is 0 Å². The van der Waals surface area contributed by atoms with Gasteiger partial charge in [-0.05, 0) is 83.5 Å². The van der Waals surface area contributed by atoms with E-state index < -0.39 is 47.0 Å². The minimum atomic E-state index is -4.44. The largest absolute Gasteiger partial charge is 0.458 e. The molecule has 0 aliphatic carbocycles.